The van der Waals surface area contributed by atoms with Crippen LogP contribution in [0.15, 0.2) is 60.7 Å². The first-order valence-electron chi connectivity index (χ1n) is 5.48. The molecule has 0 spiro atoms. The fourth-order valence-electron chi connectivity index (χ4n) is 1.95. The second-order valence-electron chi connectivity index (χ2n) is 4.14. The van der Waals surface area contributed by atoms with E-state index < -0.39 is 11.4 Å². The summed E-state index contributed by atoms with van der Waals surface area (Å²) in [5, 5.41) is 11.5. The van der Waals surface area contributed by atoms with Gasteiger partial charge in [-0.15, -0.1) is 0 Å². The van der Waals surface area contributed by atoms with Crippen molar-refractivity contribution >= 4 is 5.97 Å². The number of carbonyl (C=O) groups excluding carboxylic acids is 1. The molecule has 0 bridgehead atoms. The number of benzene rings is 2. The molecular formula is C15H13O2-. The van der Waals surface area contributed by atoms with E-state index in [1.165, 1.54) is 0 Å². The Morgan fingerprint density at radius 1 is 0.882 bits per heavy atom. The Morgan fingerprint density at radius 2 is 1.24 bits per heavy atom. The van der Waals surface area contributed by atoms with Gasteiger partial charge in [0.05, 0.1) is 11.4 Å². The van der Waals surface area contributed by atoms with E-state index in [0.29, 0.717) is 0 Å². The van der Waals surface area contributed by atoms with Crippen molar-refractivity contribution in [2.45, 2.75) is 12.3 Å². The lowest BCUT2D eigenvalue weighted by atomic mass is 9.76. The normalized spacial score (nSPS) is 11.1. The van der Waals surface area contributed by atoms with E-state index >= 15 is 0 Å². The molecule has 2 rings (SSSR count). The highest BCUT2D eigenvalue weighted by atomic mass is 16.4. The summed E-state index contributed by atoms with van der Waals surface area (Å²) < 4.78 is 0. The number of carboxylic acid groups (broad SMARTS) is 1. The SMILES string of the molecule is CC(C(=O)[O-])(c1ccccc1)c1ccccc1. The van der Waals surface area contributed by atoms with Gasteiger partial charge in [-0.2, -0.15) is 0 Å². The Morgan fingerprint density at radius 3 is 1.53 bits per heavy atom. The summed E-state index contributed by atoms with van der Waals surface area (Å²) >= 11 is 0. The summed E-state index contributed by atoms with van der Waals surface area (Å²) in [6.07, 6.45) is 0. The van der Waals surface area contributed by atoms with Gasteiger partial charge in [0.25, 0.3) is 0 Å². The molecule has 0 atom stereocenters. The van der Waals surface area contributed by atoms with Crippen LogP contribution in [0.1, 0.15) is 18.1 Å². The minimum atomic E-state index is -1.11. The number of carbonyl (C=O) groups is 1. The third-order valence-electron chi connectivity index (χ3n) is 3.11. The van der Waals surface area contributed by atoms with Gasteiger partial charge in [0.15, 0.2) is 0 Å². The molecule has 17 heavy (non-hydrogen) atoms. The smallest absolute Gasteiger partial charge is 0.0568 e. The lowest BCUT2D eigenvalue weighted by Gasteiger charge is -2.31. The Bertz CT molecular complexity index is 463. The number of hydrogen-bond donors (Lipinski definition) is 0. The van der Waals surface area contributed by atoms with Crippen LogP contribution < -0.4 is 5.11 Å². The molecule has 0 radical (unpaired) electrons. The minimum absolute atomic E-state index is 0.728. The predicted molar refractivity (Wildman–Crippen MR) is 64.3 cm³/mol. The summed E-state index contributed by atoms with van der Waals surface area (Å²) in [7, 11) is 0. The van der Waals surface area contributed by atoms with Gasteiger partial charge in [-0.3, -0.25) is 0 Å². The standard InChI is InChI=1S/C15H14O2/c1-15(14(16)17,12-8-4-2-5-9-12)13-10-6-3-7-11-13/h2-11H,1H3,(H,16,17)/p-1. The van der Waals surface area contributed by atoms with Crippen molar-refractivity contribution in [1.29, 1.82) is 0 Å². The fourth-order valence-corrected chi connectivity index (χ4v) is 1.95. The van der Waals surface area contributed by atoms with Crippen LogP contribution in [0.5, 0.6) is 0 Å². The van der Waals surface area contributed by atoms with Crippen molar-refractivity contribution in [3.63, 3.8) is 0 Å². The van der Waals surface area contributed by atoms with Crippen LogP contribution in [0.25, 0.3) is 0 Å². The quantitative estimate of drug-likeness (QED) is 0.798. The van der Waals surface area contributed by atoms with Crippen LogP contribution >= 0.6 is 0 Å². The van der Waals surface area contributed by atoms with Gasteiger partial charge < -0.3 is 9.90 Å². The molecular weight excluding hydrogens is 212 g/mol. The van der Waals surface area contributed by atoms with Gasteiger partial charge in [0.1, 0.15) is 0 Å². The van der Waals surface area contributed by atoms with Crippen molar-refractivity contribution in [1.82, 2.24) is 0 Å². The van der Waals surface area contributed by atoms with Crippen LogP contribution in [0.2, 0.25) is 0 Å². The van der Waals surface area contributed by atoms with E-state index in [2.05, 4.69) is 0 Å². The highest BCUT2D eigenvalue weighted by Crippen LogP contribution is 2.31. The number of carboxylic acids is 1. The second kappa shape index (κ2) is 4.42. The molecule has 0 unspecified atom stereocenters. The van der Waals surface area contributed by atoms with Crippen molar-refractivity contribution < 1.29 is 9.90 Å². The van der Waals surface area contributed by atoms with Gasteiger partial charge in [-0.25, -0.2) is 0 Å². The molecule has 0 saturated heterocycles. The summed E-state index contributed by atoms with van der Waals surface area (Å²) in [6.45, 7) is 1.67. The summed E-state index contributed by atoms with van der Waals surface area (Å²) in [6, 6.07) is 18.3. The molecule has 0 amide bonds. The van der Waals surface area contributed by atoms with E-state index in [9.17, 15) is 9.90 Å². The lowest BCUT2D eigenvalue weighted by molar-refractivity contribution is -0.311. The highest BCUT2D eigenvalue weighted by molar-refractivity contribution is 5.83. The summed E-state index contributed by atoms with van der Waals surface area (Å²) in [5.41, 5.74) is 0.347. The second-order valence-corrected chi connectivity index (χ2v) is 4.14. The third-order valence-corrected chi connectivity index (χ3v) is 3.11. The fraction of sp³-hybridized carbons (Fsp3) is 0.133. The number of hydrogen-bond acceptors (Lipinski definition) is 2. The zero-order chi connectivity index (χ0) is 12.3. The highest BCUT2D eigenvalue weighted by Gasteiger charge is 2.30. The monoisotopic (exact) mass is 225 g/mol. The van der Waals surface area contributed by atoms with Gasteiger partial charge >= 0.3 is 0 Å². The van der Waals surface area contributed by atoms with Crippen molar-refractivity contribution in [3.8, 4) is 0 Å². The van der Waals surface area contributed by atoms with Crippen LogP contribution in [0.4, 0.5) is 0 Å². The first-order valence-corrected chi connectivity index (χ1v) is 5.48. The third kappa shape index (κ3) is 1.94. The van der Waals surface area contributed by atoms with Crippen molar-refractivity contribution in [2.24, 2.45) is 0 Å². The predicted octanol–water partition coefficient (Wildman–Crippen LogP) is 1.74. The van der Waals surface area contributed by atoms with Gasteiger partial charge in [-0.05, 0) is 18.1 Å². The average molecular weight is 225 g/mol. The average Bonchev–Trinajstić information content (AvgIpc) is 2.39. The van der Waals surface area contributed by atoms with E-state index in [0.717, 1.165) is 11.1 Å². The maximum absolute atomic E-state index is 11.5. The first kappa shape index (κ1) is 11.4. The zero-order valence-electron chi connectivity index (χ0n) is 9.59. The largest absolute Gasteiger partial charge is 0.549 e. The maximum Gasteiger partial charge on any atom is 0.0568 e. The van der Waals surface area contributed by atoms with Crippen LogP contribution in [0, 0.1) is 0 Å². The molecule has 2 heteroatoms. The molecule has 2 aromatic rings. The minimum Gasteiger partial charge on any atom is -0.549 e. The molecule has 2 aromatic carbocycles. The Hall–Kier alpha value is -2.09. The van der Waals surface area contributed by atoms with Gasteiger partial charge in [0.2, 0.25) is 0 Å². The van der Waals surface area contributed by atoms with Gasteiger partial charge in [-0.1, -0.05) is 60.7 Å². The van der Waals surface area contributed by atoms with Crippen LogP contribution in [-0.2, 0) is 10.2 Å². The molecule has 0 fully saturated rings. The molecule has 2 nitrogen and oxygen atoms in total. The van der Waals surface area contributed by atoms with E-state index in [1.807, 2.05) is 60.7 Å². The molecule has 0 aliphatic carbocycles. The molecule has 0 saturated carbocycles. The van der Waals surface area contributed by atoms with E-state index in [-0.39, 0.29) is 0 Å². The molecule has 0 aliphatic rings. The molecule has 0 N–H and O–H groups in total. The molecule has 0 aliphatic heterocycles. The summed E-state index contributed by atoms with van der Waals surface area (Å²) in [5.74, 6) is -1.09. The van der Waals surface area contributed by atoms with Crippen molar-refractivity contribution in [3.05, 3.63) is 71.8 Å². The van der Waals surface area contributed by atoms with Crippen molar-refractivity contribution in [2.75, 3.05) is 0 Å². The van der Waals surface area contributed by atoms with Crippen LogP contribution in [-0.4, -0.2) is 5.97 Å². The molecule has 86 valence electrons. The molecule has 0 heterocycles. The van der Waals surface area contributed by atoms with E-state index in [4.69, 9.17) is 0 Å². The van der Waals surface area contributed by atoms with Gasteiger partial charge in [0, 0.05) is 0 Å². The Kier molecular flexibility index (Phi) is 2.96. The zero-order valence-corrected chi connectivity index (χ0v) is 9.59. The van der Waals surface area contributed by atoms with E-state index in [1.54, 1.807) is 6.92 Å². The number of rotatable bonds is 3. The lowest BCUT2D eigenvalue weighted by Crippen LogP contribution is -2.44. The topological polar surface area (TPSA) is 40.1 Å². The maximum atomic E-state index is 11.5. The molecule has 0 aromatic heterocycles. The Balaban J connectivity index is 2.59. The van der Waals surface area contributed by atoms with Crippen LogP contribution in [0.3, 0.4) is 0 Å². The Labute approximate surface area is 101 Å². The first-order chi connectivity index (χ1) is 8.15. The summed E-state index contributed by atoms with van der Waals surface area (Å²) in [4.78, 5) is 11.5. The number of aliphatic carboxylic acids is 1.